The van der Waals surface area contributed by atoms with Gasteiger partial charge in [-0.25, -0.2) is 9.97 Å². The van der Waals surface area contributed by atoms with E-state index >= 15 is 0 Å². The van der Waals surface area contributed by atoms with Crippen LogP contribution in [0.15, 0.2) is 35.2 Å². The van der Waals surface area contributed by atoms with Gasteiger partial charge in [-0.15, -0.1) is 0 Å². The number of carbonyl (C=O) groups is 1. The molecule has 122 valence electrons. The van der Waals surface area contributed by atoms with Crippen molar-refractivity contribution in [1.29, 1.82) is 0 Å². The second-order valence-electron chi connectivity index (χ2n) is 5.88. The van der Waals surface area contributed by atoms with Crippen LogP contribution in [0.4, 0.5) is 5.95 Å². The van der Waals surface area contributed by atoms with Crippen molar-refractivity contribution in [3.05, 3.63) is 42.1 Å². The van der Waals surface area contributed by atoms with E-state index in [1.54, 1.807) is 24.5 Å². The normalized spacial score (nSPS) is 18.7. The van der Waals surface area contributed by atoms with Crippen LogP contribution >= 0.6 is 0 Å². The maximum atomic E-state index is 11.9. The van der Waals surface area contributed by atoms with Gasteiger partial charge in [0.1, 0.15) is 0 Å². The van der Waals surface area contributed by atoms with Crippen LogP contribution in [0.25, 0.3) is 0 Å². The van der Waals surface area contributed by atoms with E-state index in [4.69, 9.17) is 10.2 Å². The first-order chi connectivity index (χ1) is 11.2. The van der Waals surface area contributed by atoms with Gasteiger partial charge in [-0.05, 0) is 37.4 Å². The van der Waals surface area contributed by atoms with Gasteiger partial charge in [0.05, 0.1) is 6.26 Å². The largest absolute Gasteiger partial charge is 0.459 e. The van der Waals surface area contributed by atoms with Gasteiger partial charge in [-0.1, -0.05) is 0 Å². The highest BCUT2D eigenvalue weighted by molar-refractivity contribution is 5.91. The van der Waals surface area contributed by atoms with E-state index in [9.17, 15) is 4.79 Å². The molecule has 0 saturated carbocycles. The van der Waals surface area contributed by atoms with Crippen molar-refractivity contribution in [3.63, 3.8) is 0 Å². The SMILES string of the molecule is Nc1ncc(CN2CCCC(CNC(=O)c3ccco3)C2)cn1. The maximum Gasteiger partial charge on any atom is 0.286 e. The molecule has 3 rings (SSSR count). The van der Waals surface area contributed by atoms with Crippen LogP contribution in [-0.2, 0) is 6.54 Å². The van der Waals surface area contributed by atoms with E-state index in [0.29, 0.717) is 24.2 Å². The Kier molecular flexibility index (Phi) is 4.87. The quantitative estimate of drug-likeness (QED) is 0.863. The minimum absolute atomic E-state index is 0.154. The number of likely N-dealkylation sites (tertiary alicyclic amines) is 1. The molecule has 0 radical (unpaired) electrons. The lowest BCUT2D eigenvalue weighted by Crippen LogP contribution is -2.40. The number of nitrogens with zero attached hydrogens (tertiary/aromatic N) is 3. The molecule has 0 spiro atoms. The fraction of sp³-hybridized carbons (Fsp3) is 0.438. The Hall–Kier alpha value is -2.41. The van der Waals surface area contributed by atoms with Gasteiger partial charge in [-0.2, -0.15) is 0 Å². The molecule has 3 heterocycles. The molecule has 2 aromatic heterocycles. The molecular formula is C16H21N5O2. The smallest absolute Gasteiger partial charge is 0.286 e. The molecule has 2 aromatic rings. The van der Waals surface area contributed by atoms with Gasteiger partial charge >= 0.3 is 0 Å². The molecule has 1 fully saturated rings. The first kappa shape index (κ1) is 15.5. The number of carbonyl (C=O) groups excluding carboxylic acids is 1. The van der Waals surface area contributed by atoms with Crippen molar-refractivity contribution in [1.82, 2.24) is 20.2 Å². The molecule has 23 heavy (non-hydrogen) atoms. The highest BCUT2D eigenvalue weighted by atomic mass is 16.3. The van der Waals surface area contributed by atoms with Crippen molar-refractivity contribution in [2.24, 2.45) is 5.92 Å². The molecule has 1 unspecified atom stereocenters. The van der Waals surface area contributed by atoms with Gasteiger partial charge < -0.3 is 15.5 Å². The molecule has 7 nitrogen and oxygen atoms in total. The van der Waals surface area contributed by atoms with Crippen LogP contribution in [0.3, 0.4) is 0 Å². The molecule has 1 atom stereocenters. The first-order valence-corrected chi connectivity index (χ1v) is 7.81. The van der Waals surface area contributed by atoms with Crippen LogP contribution < -0.4 is 11.1 Å². The molecule has 1 saturated heterocycles. The zero-order chi connectivity index (χ0) is 16.1. The average Bonchev–Trinajstić information content (AvgIpc) is 3.10. The fourth-order valence-corrected chi connectivity index (χ4v) is 2.90. The summed E-state index contributed by atoms with van der Waals surface area (Å²) >= 11 is 0. The predicted octanol–water partition coefficient (Wildman–Crippen LogP) is 1.29. The number of rotatable bonds is 5. The van der Waals surface area contributed by atoms with Crippen LogP contribution in [0.1, 0.15) is 29.0 Å². The molecule has 0 aliphatic carbocycles. The minimum atomic E-state index is -0.154. The Balaban J connectivity index is 1.48. The number of nitrogens with two attached hydrogens (primary N) is 1. The molecule has 7 heteroatoms. The summed E-state index contributed by atoms with van der Waals surface area (Å²) < 4.78 is 5.10. The molecule has 1 amide bonds. The van der Waals surface area contributed by atoms with Gasteiger partial charge in [0.2, 0.25) is 5.95 Å². The Bertz CT molecular complexity index is 626. The lowest BCUT2D eigenvalue weighted by molar-refractivity contribution is 0.0903. The standard InChI is InChI=1S/C16H21N5O2/c17-16-19-8-13(9-20-16)11-21-5-1-3-12(10-21)7-18-15(22)14-4-2-6-23-14/h2,4,6,8-9,12H,1,3,5,7,10-11H2,(H,18,22)(H2,17,19,20). The van der Waals surface area contributed by atoms with Crippen molar-refractivity contribution >= 4 is 11.9 Å². The highest BCUT2D eigenvalue weighted by Gasteiger charge is 2.21. The topological polar surface area (TPSA) is 97.3 Å². The van der Waals surface area contributed by atoms with E-state index in [1.807, 2.05) is 0 Å². The molecule has 1 aliphatic heterocycles. The van der Waals surface area contributed by atoms with Gasteiger partial charge in [-0.3, -0.25) is 9.69 Å². The van der Waals surface area contributed by atoms with Crippen molar-refractivity contribution < 1.29 is 9.21 Å². The zero-order valence-corrected chi connectivity index (χ0v) is 12.9. The number of amides is 1. The summed E-state index contributed by atoms with van der Waals surface area (Å²) in [7, 11) is 0. The van der Waals surface area contributed by atoms with E-state index in [1.165, 1.54) is 6.26 Å². The number of anilines is 1. The Morgan fingerprint density at radius 3 is 3.00 bits per heavy atom. The number of furan rings is 1. The lowest BCUT2D eigenvalue weighted by atomic mass is 9.97. The molecule has 0 aromatic carbocycles. The summed E-state index contributed by atoms with van der Waals surface area (Å²) in [5.41, 5.74) is 6.56. The first-order valence-electron chi connectivity index (χ1n) is 7.81. The molecule has 1 aliphatic rings. The van der Waals surface area contributed by atoms with E-state index in [-0.39, 0.29) is 5.91 Å². The molecule has 3 N–H and O–H groups in total. The summed E-state index contributed by atoms with van der Waals surface area (Å²) in [5, 5.41) is 2.95. The Morgan fingerprint density at radius 1 is 1.43 bits per heavy atom. The van der Waals surface area contributed by atoms with Crippen LogP contribution in [0.2, 0.25) is 0 Å². The number of nitrogen functional groups attached to an aromatic ring is 1. The van der Waals surface area contributed by atoms with Crippen molar-refractivity contribution in [2.45, 2.75) is 19.4 Å². The molecular weight excluding hydrogens is 294 g/mol. The summed E-state index contributed by atoms with van der Waals surface area (Å²) in [6.45, 7) is 3.47. The number of hydrogen-bond donors (Lipinski definition) is 2. The second-order valence-corrected chi connectivity index (χ2v) is 5.88. The number of aromatic nitrogens is 2. The van der Waals surface area contributed by atoms with Crippen LogP contribution in [0, 0.1) is 5.92 Å². The Morgan fingerprint density at radius 2 is 2.26 bits per heavy atom. The van der Waals surface area contributed by atoms with E-state index < -0.39 is 0 Å². The van der Waals surface area contributed by atoms with E-state index in [0.717, 1.165) is 38.0 Å². The Labute approximate surface area is 134 Å². The van der Waals surface area contributed by atoms with Gasteiger partial charge in [0.15, 0.2) is 5.76 Å². The van der Waals surface area contributed by atoms with Crippen LogP contribution in [0.5, 0.6) is 0 Å². The summed E-state index contributed by atoms with van der Waals surface area (Å²) in [6, 6.07) is 3.38. The third kappa shape index (κ3) is 4.29. The third-order valence-electron chi connectivity index (χ3n) is 4.03. The number of hydrogen-bond acceptors (Lipinski definition) is 6. The number of piperidine rings is 1. The highest BCUT2D eigenvalue weighted by Crippen LogP contribution is 2.18. The lowest BCUT2D eigenvalue weighted by Gasteiger charge is -2.32. The van der Waals surface area contributed by atoms with Crippen LogP contribution in [-0.4, -0.2) is 40.4 Å². The number of nitrogens with one attached hydrogen (secondary N) is 1. The summed E-state index contributed by atoms with van der Waals surface area (Å²) in [5.74, 6) is 0.944. The monoisotopic (exact) mass is 315 g/mol. The fourth-order valence-electron chi connectivity index (χ4n) is 2.90. The van der Waals surface area contributed by atoms with Gasteiger partial charge in [0.25, 0.3) is 5.91 Å². The predicted molar refractivity (Wildman–Crippen MR) is 85.5 cm³/mol. The third-order valence-corrected chi connectivity index (χ3v) is 4.03. The minimum Gasteiger partial charge on any atom is -0.459 e. The summed E-state index contributed by atoms with van der Waals surface area (Å²) in [4.78, 5) is 22.3. The zero-order valence-electron chi connectivity index (χ0n) is 12.9. The van der Waals surface area contributed by atoms with E-state index in [2.05, 4.69) is 20.2 Å². The van der Waals surface area contributed by atoms with Crippen molar-refractivity contribution in [2.75, 3.05) is 25.4 Å². The maximum absolute atomic E-state index is 11.9. The summed E-state index contributed by atoms with van der Waals surface area (Å²) in [6.07, 6.45) is 7.28. The molecule has 0 bridgehead atoms. The second kappa shape index (κ2) is 7.23. The van der Waals surface area contributed by atoms with Gasteiger partial charge in [0, 0.05) is 37.6 Å². The average molecular weight is 315 g/mol. The van der Waals surface area contributed by atoms with Crippen molar-refractivity contribution in [3.8, 4) is 0 Å².